The summed E-state index contributed by atoms with van der Waals surface area (Å²) in [6.45, 7) is 8.22. The molecule has 0 aliphatic heterocycles. The van der Waals surface area contributed by atoms with Gasteiger partial charge in [-0.25, -0.2) is 19.0 Å². The Labute approximate surface area is 195 Å². The lowest BCUT2D eigenvalue weighted by molar-refractivity contribution is 0.797. The zero-order valence-electron chi connectivity index (χ0n) is 16.8. The molecule has 4 aromatic heterocycles. The van der Waals surface area contributed by atoms with E-state index in [1.54, 1.807) is 28.7 Å². The number of halogens is 3. The summed E-state index contributed by atoms with van der Waals surface area (Å²) >= 11 is 14.7. The van der Waals surface area contributed by atoms with Gasteiger partial charge in [-0.05, 0) is 64.8 Å². The highest BCUT2D eigenvalue weighted by Crippen LogP contribution is 2.27. The highest BCUT2D eigenvalue weighted by Gasteiger charge is 2.14. The van der Waals surface area contributed by atoms with Crippen molar-refractivity contribution < 1.29 is 0 Å². The Hall–Kier alpha value is -1.16. The molecule has 0 atom stereocenters. The standard InChI is InChI=1S/C10H12BrN3S.C9H9BrClN3/c1-4-7-6(2)13-9-8(11)5-12-14(9)10(7)15-3;1-3-6-5(2)13-9-7(10)4-12-14(9)8(6)11/h5H,4H2,1-3H3;4H,3H2,1-2H3. The predicted octanol–water partition coefficient (Wildman–Crippen LogP) is 6.10. The summed E-state index contributed by atoms with van der Waals surface area (Å²) in [7, 11) is 0. The van der Waals surface area contributed by atoms with Crippen LogP contribution in [-0.2, 0) is 12.8 Å². The second-order valence-corrected chi connectivity index (χ2v) is 9.18. The fraction of sp³-hybridized carbons (Fsp3) is 0.368. The van der Waals surface area contributed by atoms with Crippen LogP contribution in [0.15, 0.2) is 26.4 Å². The first-order chi connectivity index (χ1) is 13.8. The monoisotopic (exact) mass is 558 g/mol. The van der Waals surface area contributed by atoms with Crippen LogP contribution in [-0.4, -0.2) is 35.5 Å². The van der Waals surface area contributed by atoms with Crippen LogP contribution >= 0.6 is 55.2 Å². The maximum atomic E-state index is 6.20. The van der Waals surface area contributed by atoms with Gasteiger partial charge in [0.1, 0.15) is 10.2 Å². The van der Waals surface area contributed by atoms with E-state index in [1.165, 1.54) is 10.6 Å². The van der Waals surface area contributed by atoms with Crippen LogP contribution in [0.25, 0.3) is 11.3 Å². The summed E-state index contributed by atoms with van der Waals surface area (Å²) in [4.78, 5) is 8.99. The smallest absolute Gasteiger partial charge is 0.171 e. The molecule has 0 bridgehead atoms. The third-order valence-electron chi connectivity index (χ3n) is 4.61. The zero-order chi connectivity index (χ0) is 21.3. The molecule has 0 saturated heterocycles. The van der Waals surface area contributed by atoms with Crippen molar-refractivity contribution in [3.63, 3.8) is 0 Å². The maximum absolute atomic E-state index is 6.20. The lowest BCUT2D eigenvalue weighted by Gasteiger charge is -2.10. The number of fused-ring (bicyclic) bond motifs is 2. The zero-order valence-corrected chi connectivity index (χ0v) is 21.5. The minimum atomic E-state index is 0.653. The van der Waals surface area contributed by atoms with Crippen LogP contribution in [0.4, 0.5) is 0 Å². The number of rotatable bonds is 3. The molecule has 0 fully saturated rings. The molecule has 0 aromatic carbocycles. The van der Waals surface area contributed by atoms with Gasteiger partial charge in [0.25, 0.3) is 0 Å². The molecular weight excluding hydrogens is 540 g/mol. The molecular formula is C19H21Br2ClN6S. The summed E-state index contributed by atoms with van der Waals surface area (Å²) in [5, 5.41) is 10.3. The highest BCUT2D eigenvalue weighted by molar-refractivity contribution is 9.11. The third-order valence-corrected chi connectivity index (χ3v) is 6.92. The van der Waals surface area contributed by atoms with E-state index in [9.17, 15) is 0 Å². The van der Waals surface area contributed by atoms with Crippen molar-refractivity contribution in [3.05, 3.63) is 49.0 Å². The molecule has 0 N–H and O–H groups in total. The Balaban J connectivity index is 0.000000166. The topological polar surface area (TPSA) is 60.4 Å². The van der Waals surface area contributed by atoms with Gasteiger partial charge in [0, 0.05) is 22.5 Å². The van der Waals surface area contributed by atoms with E-state index < -0.39 is 0 Å². The van der Waals surface area contributed by atoms with Crippen LogP contribution < -0.4 is 0 Å². The van der Waals surface area contributed by atoms with Crippen LogP contribution in [0.1, 0.15) is 36.4 Å². The largest absolute Gasteiger partial charge is 0.232 e. The van der Waals surface area contributed by atoms with Crippen LogP contribution in [0.5, 0.6) is 0 Å². The van der Waals surface area contributed by atoms with Gasteiger partial charge >= 0.3 is 0 Å². The van der Waals surface area contributed by atoms with Gasteiger partial charge in [0.2, 0.25) is 0 Å². The molecule has 0 saturated carbocycles. The highest BCUT2D eigenvalue weighted by atomic mass is 79.9. The van der Waals surface area contributed by atoms with Crippen molar-refractivity contribution >= 4 is 66.5 Å². The average molecular weight is 561 g/mol. The maximum Gasteiger partial charge on any atom is 0.171 e. The van der Waals surface area contributed by atoms with Crippen LogP contribution in [0.3, 0.4) is 0 Å². The number of hydrogen-bond acceptors (Lipinski definition) is 5. The molecule has 4 heterocycles. The van der Waals surface area contributed by atoms with Crippen LogP contribution in [0.2, 0.25) is 5.15 Å². The summed E-state index contributed by atoms with van der Waals surface area (Å²) < 4.78 is 5.37. The van der Waals surface area contributed by atoms with Gasteiger partial charge in [-0.3, -0.25) is 0 Å². The second kappa shape index (κ2) is 9.32. The lowest BCUT2D eigenvalue weighted by atomic mass is 10.2. The van der Waals surface area contributed by atoms with E-state index in [1.807, 2.05) is 11.4 Å². The Morgan fingerprint density at radius 1 is 0.897 bits per heavy atom. The van der Waals surface area contributed by atoms with Crippen molar-refractivity contribution in [3.8, 4) is 0 Å². The normalized spacial score (nSPS) is 11.2. The number of hydrogen-bond donors (Lipinski definition) is 0. The van der Waals surface area contributed by atoms with Gasteiger partial charge in [-0.2, -0.15) is 10.2 Å². The first kappa shape index (κ1) is 22.5. The minimum absolute atomic E-state index is 0.653. The quantitative estimate of drug-likeness (QED) is 0.224. The van der Waals surface area contributed by atoms with Gasteiger partial charge in [-0.1, -0.05) is 25.4 Å². The first-order valence-electron chi connectivity index (χ1n) is 9.08. The molecule has 0 radical (unpaired) electrons. The summed E-state index contributed by atoms with van der Waals surface area (Å²) in [6, 6.07) is 0. The molecule has 10 heteroatoms. The minimum Gasteiger partial charge on any atom is -0.232 e. The predicted molar refractivity (Wildman–Crippen MR) is 126 cm³/mol. The van der Waals surface area contributed by atoms with Gasteiger partial charge in [0.05, 0.1) is 21.3 Å². The van der Waals surface area contributed by atoms with E-state index >= 15 is 0 Å². The Morgan fingerprint density at radius 3 is 1.90 bits per heavy atom. The van der Waals surface area contributed by atoms with Gasteiger partial charge < -0.3 is 0 Å². The van der Waals surface area contributed by atoms with E-state index in [0.29, 0.717) is 5.15 Å². The van der Waals surface area contributed by atoms with Crippen molar-refractivity contribution in [2.24, 2.45) is 0 Å². The molecule has 29 heavy (non-hydrogen) atoms. The SMILES string of the molecule is CCc1c(C)nc2c(Br)cnn2c1Cl.CCc1c(C)nc2c(Br)cnn2c1SC. The molecule has 0 spiro atoms. The average Bonchev–Trinajstić information content (AvgIpc) is 3.25. The molecule has 154 valence electrons. The fourth-order valence-electron chi connectivity index (χ4n) is 3.17. The molecule has 6 nitrogen and oxygen atoms in total. The lowest BCUT2D eigenvalue weighted by Crippen LogP contribution is -2.03. The number of nitrogens with zero attached hydrogens (tertiary/aromatic N) is 6. The van der Waals surface area contributed by atoms with E-state index in [-0.39, 0.29) is 0 Å². The fourth-order valence-corrected chi connectivity index (χ4v) is 5.10. The number of aromatic nitrogens is 6. The summed E-state index contributed by atoms with van der Waals surface area (Å²) in [6.07, 6.45) is 7.42. The van der Waals surface area contributed by atoms with Crippen LogP contribution in [0, 0.1) is 13.8 Å². The summed E-state index contributed by atoms with van der Waals surface area (Å²) in [5.74, 6) is 0. The molecule has 4 rings (SSSR count). The number of aryl methyl sites for hydroxylation is 2. The first-order valence-corrected chi connectivity index (χ1v) is 12.3. The van der Waals surface area contributed by atoms with Crippen molar-refractivity contribution in [2.75, 3.05) is 6.26 Å². The van der Waals surface area contributed by atoms with Crippen molar-refractivity contribution in [1.82, 2.24) is 29.2 Å². The van der Waals surface area contributed by atoms with E-state index in [4.69, 9.17) is 11.6 Å². The van der Waals surface area contributed by atoms with E-state index in [2.05, 4.69) is 79.1 Å². The Morgan fingerprint density at radius 2 is 1.38 bits per heavy atom. The molecule has 0 aliphatic rings. The molecule has 0 aliphatic carbocycles. The molecule has 0 unspecified atom stereocenters. The van der Waals surface area contributed by atoms with Crippen molar-refractivity contribution in [1.29, 1.82) is 0 Å². The Bertz CT molecular complexity index is 1190. The van der Waals surface area contributed by atoms with Gasteiger partial charge in [0.15, 0.2) is 11.3 Å². The molecule has 4 aromatic rings. The summed E-state index contributed by atoms with van der Waals surface area (Å²) in [5.41, 5.74) is 6.06. The van der Waals surface area contributed by atoms with Gasteiger partial charge in [-0.15, -0.1) is 11.8 Å². The second-order valence-electron chi connectivity index (χ2n) is 6.31. The number of thioether (sulfide) groups is 1. The third kappa shape index (κ3) is 4.19. The van der Waals surface area contributed by atoms with Crippen molar-refractivity contribution in [2.45, 2.75) is 45.6 Å². The molecule has 0 amide bonds. The van der Waals surface area contributed by atoms with E-state index in [0.717, 1.165) is 50.0 Å². The Kier molecular flexibility index (Phi) is 7.24.